The highest BCUT2D eigenvalue weighted by atomic mass is 79.9. The van der Waals surface area contributed by atoms with E-state index in [0.717, 1.165) is 9.75 Å². The molecule has 22 heavy (non-hydrogen) atoms. The van der Waals surface area contributed by atoms with Crippen molar-refractivity contribution in [1.82, 2.24) is 0 Å². The summed E-state index contributed by atoms with van der Waals surface area (Å²) >= 11 is 4.61. The van der Waals surface area contributed by atoms with E-state index in [0.29, 0.717) is 10.0 Å². The van der Waals surface area contributed by atoms with Crippen molar-refractivity contribution in [2.24, 2.45) is 0 Å². The number of rotatable bonds is 4. The van der Waals surface area contributed by atoms with Crippen molar-refractivity contribution in [3.8, 4) is 0 Å². The van der Waals surface area contributed by atoms with Gasteiger partial charge >= 0.3 is 5.97 Å². The zero-order valence-electron chi connectivity index (χ0n) is 11.9. The Morgan fingerprint density at radius 2 is 2.05 bits per heavy atom. The van der Waals surface area contributed by atoms with Crippen LogP contribution in [-0.4, -0.2) is 18.5 Å². The first-order valence-corrected chi connectivity index (χ1v) is 7.97. The van der Waals surface area contributed by atoms with Crippen molar-refractivity contribution in [3.63, 3.8) is 0 Å². The minimum atomic E-state index is -0.598. The molecule has 0 aliphatic heterocycles. The Balaban J connectivity index is 1.92. The van der Waals surface area contributed by atoms with Gasteiger partial charge in [0.05, 0.1) is 11.3 Å². The molecule has 0 fully saturated rings. The van der Waals surface area contributed by atoms with E-state index in [9.17, 15) is 14.0 Å². The highest BCUT2D eigenvalue weighted by Gasteiger charge is 2.15. The number of aryl methyl sites for hydroxylation is 2. The summed E-state index contributed by atoms with van der Waals surface area (Å²) in [6.45, 7) is 3.23. The molecule has 0 atom stereocenters. The van der Waals surface area contributed by atoms with Crippen LogP contribution in [0.4, 0.5) is 10.1 Å². The zero-order valence-corrected chi connectivity index (χ0v) is 14.3. The van der Waals surface area contributed by atoms with Gasteiger partial charge in [0.15, 0.2) is 6.61 Å². The lowest BCUT2D eigenvalue weighted by molar-refractivity contribution is -0.119. The maximum absolute atomic E-state index is 13.6. The predicted molar refractivity (Wildman–Crippen MR) is 86.8 cm³/mol. The predicted octanol–water partition coefficient (Wildman–Crippen LogP) is 4.06. The number of esters is 1. The number of ether oxygens (including phenoxy) is 1. The summed E-state index contributed by atoms with van der Waals surface area (Å²) in [5.74, 6) is -1.73. The van der Waals surface area contributed by atoms with Crippen LogP contribution in [0.25, 0.3) is 0 Å². The highest BCUT2D eigenvalue weighted by Crippen LogP contribution is 2.21. The van der Waals surface area contributed by atoms with Crippen molar-refractivity contribution in [3.05, 3.63) is 49.9 Å². The Bertz CT molecular complexity index is 730. The Kier molecular flexibility index (Phi) is 5.31. The molecule has 0 saturated heterocycles. The number of hydrogen-bond donors (Lipinski definition) is 1. The minimum Gasteiger partial charge on any atom is -0.452 e. The first kappa shape index (κ1) is 16.6. The summed E-state index contributed by atoms with van der Waals surface area (Å²) in [6.07, 6.45) is 0. The second kappa shape index (κ2) is 7.02. The molecule has 4 nitrogen and oxygen atoms in total. The molecule has 0 aliphatic rings. The van der Waals surface area contributed by atoms with E-state index < -0.39 is 24.3 Å². The molecular formula is C15H13BrFNO3S. The molecule has 0 bridgehead atoms. The minimum absolute atomic E-state index is 0.0341. The lowest BCUT2D eigenvalue weighted by atomic mass is 10.2. The third kappa shape index (κ3) is 4.14. The van der Waals surface area contributed by atoms with Crippen LogP contribution in [0.1, 0.15) is 20.1 Å². The van der Waals surface area contributed by atoms with Gasteiger partial charge in [-0.1, -0.05) is 15.9 Å². The van der Waals surface area contributed by atoms with Gasteiger partial charge in [-0.3, -0.25) is 4.79 Å². The van der Waals surface area contributed by atoms with Crippen LogP contribution in [0.5, 0.6) is 0 Å². The molecule has 0 spiro atoms. The van der Waals surface area contributed by atoms with E-state index in [1.165, 1.54) is 23.5 Å². The number of amides is 1. The molecule has 1 amide bonds. The summed E-state index contributed by atoms with van der Waals surface area (Å²) in [6, 6.07) is 5.97. The number of benzene rings is 1. The van der Waals surface area contributed by atoms with Crippen LogP contribution in [0, 0.1) is 19.7 Å². The van der Waals surface area contributed by atoms with Crippen molar-refractivity contribution in [2.45, 2.75) is 13.8 Å². The number of carbonyl (C=O) groups is 2. The van der Waals surface area contributed by atoms with Gasteiger partial charge < -0.3 is 10.1 Å². The molecule has 2 rings (SSSR count). The van der Waals surface area contributed by atoms with Crippen LogP contribution < -0.4 is 5.32 Å². The first-order valence-electron chi connectivity index (χ1n) is 6.36. The van der Waals surface area contributed by atoms with Gasteiger partial charge in [-0.15, -0.1) is 11.3 Å². The molecular weight excluding hydrogens is 373 g/mol. The molecule has 116 valence electrons. The van der Waals surface area contributed by atoms with Gasteiger partial charge in [-0.05, 0) is 38.1 Å². The summed E-state index contributed by atoms with van der Waals surface area (Å²) < 4.78 is 19.1. The molecule has 2 aromatic rings. The maximum Gasteiger partial charge on any atom is 0.339 e. The summed E-state index contributed by atoms with van der Waals surface area (Å²) in [7, 11) is 0. The molecule has 1 aromatic heterocycles. The average molecular weight is 386 g/mol. The van der Waals surface area contributed by atoms with E-state index >= 15 is 0 Å². The van der Waals surface area contributed by atoms with Gasteiger partial charge in [-0.25, -0.2) is 9.18 Å². The molecule has 0 unspecified atom stereocenters. The number of halogens is 2. The summed E-state index contributed by atoms with van der Waals surface area (Å²) in [5, 5.41) is 2.35. The second-order valence-electron chi connectivity index (χ2n) is 4.58. The maximum atomic E-state index is 13.6. The quantitative estimate of drug-likeness (QED) is 0.807. The van der Waals surface area contributed by atoms with Crippen molar-refractivity contribution in [1.29, 1.82) is 0 Å². The molecule has 0 radical (unpaired) electrons. The lowest BCUT2D eigenvalue weighted by Crippen LogP contribution is -2.21. The van der Waals surface area contributed by atoms with Gasteiger partial charge in [0, 0.05) is 14.2 Å². The average Bonchev–Trinajstić information content (AvgIpc) is 2.78. The second-order valence-corrected chi connectivity index (χ2v) is 6.95. The number of anilines is 1. The van der Waals surface area contributed by atoms with Gasteiger partial charge in [0.2, 0.25) is 0 Å². The number of nitrogens with one attached hydrogen (secondary N) is 1. The third-order valence-electron chi connectivity index (χ3n) is 2.80. The SMILES string of the molecule is Cc1cc(C(=O)OCC(=O)Nc2ccc(Br)cc2F)c(C)s1. The number of carbonyl (C=O) groups excluding carboxylic acids is 2. The normalized spacial score (nSPS) is 10.4. The Morgan fingerprint density at radius 3 is 2.64 bits per heavy atom. The van der Waals surface area contributed by atoms with Gasteiger partial charge in [-0.2, -0.15) is 0 Å². The third-order valence-corrected chi connectivity index (χ3v) is 4.26. The van der Waals surface area contributed by atoms with Crippen LogP contribution >= 0.6 is 27.3 Å². The fraction of sp³-hybridized carbons (Fsp3) is 0.200. The molecule has 7 heteroatoms. The highest BCUT2D eigenvalue weighted by molar-refractivity contribution is 9.10. The van der Waals surface area contributed by atoms with E-state index in [2.05, 4.69) is 21.2 Å². The van der Waals surface area contributed by atoms with Crippen LogP contribution in [0.3, 0.4) is 0 Å². The van der Waals surface area contributed by atoms with E-state index in [1.807, 2.05) is 13.8 Å². The fourth-order valence-corrected chi connectivity index (χ4v) is 3.06. The van der Waals surface area contributed by atoms with Gasteiger partial charge in [0.25, 0.3) is 5.91 Å². The fourth-order valence-electron chi connectivity index (χ4n) is 1.82. The monoisotopic (exact) mass is 385 g/mol. The summed E-state index contributed by atoms with van der Waals surface area (Å²) in [5.41, 5.74) is 0.483. The molecule has 1 heterocycles. The van der Waals surface area contributed by atoms with E-state index in [4.69, 9.17) is 4.74 Å². The largest absolute Gasteiger partial charge is 0.452 e. The molecule has 1 aromatic carbocycles. The Hall–Kier alpha value is -1.73. The molecule has 0 aliphatic carbocycles. The number of hydrogen-bond acceptors (Lipinski definition) is 4. The van der Waals surface area contributed by atoms with E-state index in [-0.39, 0.29) is 5.69 Å². The topological polar surface area (TPSA) is 55.4 Å². The van der Waals surface area contributed by atoms with Crippen LogP contribution in [-0.2, 0) is 9.53 Å². The Labute approximate surface area is 139 Å². The smallest absolute Gasteiger partial charge is 0.339 e. The molecule has 0 saturated carbocycles. The van der Waals surface area contributed by atoms with Crippen LogP contribution in [0.15, 0.2) is 28.7 Å². The Morgan fingerprint density at radius 1 is 1.32 bits per heavy atom. The zero-order chi connectivity index (χ0) is 16.3. The lowest BCUT2D eigenvalue weighted by Gasteiger charge is -2.07. The summed E-state index contributed by atoms with van der Waals surface area (Å²) in [4.78, 5) is 25.4. The van der Waals surface area contributed by atoms with Crippen molar-refractivity contribution >= 4 is 44.8 Å². The molecule has 1 N–H and O–H groups in total. The van der Waals surface area contributed by atoms with Gasteiger partial charge in [0.1, 0.15) is 5.82 Å². The number of thiophene rings is 1. The van der Waals surface area contributed by atoms with Crippen molar-refractivity contribution < 1.29 is 18.7 Å². The standard InChI is InChI=1S/C15H13BrFNO3S/c1-8-5-11(9(2)22-8)15(20)21-7-14(19)18-13-4-3-10(16)6-12(13)17/h3-6H,7H2,1-2H3,(H,18,19). The van der Waals surface area contributed by atoms with Crippen molar-refractivity contribution in [2.75, 3.05) is 11.9 Å². The first-order chi connectivity index (χ1) is 10.4. The van der Waals surface area contributed by atoms with E-state index in [1.54, 1.807) is 12.1 Å². The van der Waals surface area contributed by atoms with Crippen LogP contribution in [0.2, 0.25) is 0 Å².